The Morgan fingerprint density at radius 3 is 2.50 bits per heavy atom. The van der Waals surface area contributed by atoms with Crippen molar-refractivity contribution in [1.29, 1.82) is 0 Å². The molecule has 6 nitrogen and oxygen atoms in total. The molecule has 0 bridgehead atoms. The third-order valence-electron chi connectivity index (χ3n) is 7.03. The number of rotatable bonds is 5. The number of anilines is 1. The fourth-order valence-electron chi connectivity index (χ4n) is 5.09. The molecule has 2 N–H and O–H groups in total. The Bertz CT molecular complexity index is 1000. The van der Waals surface area contributed by atoms with Crippen LogP contribution in [0.25, 0.3) is 0 Å². The number of carbonyl (C=O) groups excluding carboxylic acids is 2. The Balaban J connectivity index is 1.45. The van der Waals surface area contributed by atoms with Gasteiger partial charge in [0, 0.05) is 61.5 Å². The monoisotopic (exact) mass is 454 g/mol. The van der Waals surface area contributed by atoms with E-state index in [0.717, 1.165) is 36.4 Å². The normalized spacial score (nSPS) is 23.5. The fraction of sp³-hybridized carbons (Fsp3) is 0.440. The summed E-state index contributed by atoms with van der Waals surface area (Å²) in [5.41, 5.74) is 8.72. The molecule has 2 aliphatic rings. The number of amides is 3. The largest absolute Gasteiger partial charge is 0.345 e. The van der Waals surface area contributed by atoms with Crippen molar-refractivity contribution in [2.24, 2.45) is 5.73 Å². The van der Waals surface area contributed by atoms with Gasteiger partial charge in [-0.2, -0.15) is 0 Å². The molecular weight excluding hydrogens is 424 g/mol. The quantitative estimate of drug-likeness (QED) is 0.738. The van der Waals surface area contributed by atoms with Crippen LogP contribution in [0.3, 0.4) is 0 Å². The van der Waals surface area contributed by atoms with Crippen LogP contribution in [0.2, 0.25) is 5.02 Å². The Morgan fingerprint density at radius 2 is 1.84 bits per heavy atom. The second-order valence-electron chi connectivity index (χ2n) is 9.10. The van der Waals surface area contributed by atoms with E-state index in [1.54, 1.807) is 30.0 Å². The van der Waals surface area contributed by atoms with Crippen molar-refractivity contribution in [3.63, 3.8) is 0 Å². The van der Waals surface area contributed by atoms with E-state index in [9.17, 15) is 9.59 Å². The van der Waals surface area contributed by atoms with E-state index in [2.05, 4.69) is 6.07 Å². The Kier molecular flexibility index (Phi) is 6.45. The lowest BCUT2D eigenvalue weighted by atomic mass is 9.68. The second kappa shape index (κ2) is 9.12. The van der Waals surface area contributed by atoms with Crippen molar-refractivity contribution in [2.45, 2.75) is 37.1 Å². The molecular formula is C25H31ClN4O2. The summed E-state index contributed by atoms with van der Waals surface area (Å²) in [4.78, 5) is 30.9. The zero-order chi connectivity index (χ0) is 22.9. The summed E-state index contributed by atoms with van der Waals surface area (Å²) in [6.45, 7) is 1.90. The number of carbonyl (C=O) groups is 2. The molecule has 7 heteroatoms. The molecule has 1 aliphatic heterocycles. The predicted octanol–water partition coefficient (Wildman–Crippen LogP) is 4.12. The molecule has 0 atom stereocenters. The van der Waals surface area contributed by atoms with Gasteiger partial charge < -0.3 is 15.5 Å². The molecule has 1 saturated heterocycles. The lowest BCUT2D eigenvalue weighted by molar-refractivity contribution is 0.0827. The van der Waals surface area contributed by atoms with Crippen molar-refractivity contribution in [1.82, 2.24) is 9.80 Å². The molecule has 2 aromatic carbocycles. The maximum atomic E-state index is 13.3. The van der Waals surface area contributed by atoms with Crippen LogP contribution in [-0.2, 0) is 5.41 Å². The van der Waals surface area contributed by atoms with Crippen molar-refractivity contribution < 1.29 is 9.59 Å². The van der Waals surface area contributed by atoms with E-state index in [1.807, 2.05) is 41.3 Å². The van der Waals surface area contributed by atoms with Crippen LogP contribution in [0, 0.1) is 0 Å². The minimum Gasteiger partial charge on any atom is -0.345 e. The van der Waals surface area contributed by atoms with Gasteiger partial charge in [0.1, 0.15) is 0 Å². The SMILES string of the molecule is CN(C)C(=O)c1cccc(N2CCN([C@H]3CC[C@](CN)(c4cccc(Cl)c4)CC3)C2=O)c1. The molecule has 1 aliphatic carbocycles. The minimum absolute atomic E-state index is 0.0208. The summed E-state index contributed by atoms with van der Waals surface area (Å²) in [6.07, 6.45) is 3.71. The Labute approximate surface area is 194 Å². The average molecular weight is 455 g/mol. The molecule has 1 heterocycles. The Hall–Kier alpha value is -2.57. The lowest BCUT2D eigenvalue weighted by Gasteiger charge is -2.42. The van der Waals surface area contributed by atoms with Crippen molar-refractivity contribution in [3.8, 4) is 0 Å². The maximum Gasteiger partial charge on any atom is 0.324 e. The smallest absolute Gasteiger partial charge is 0.324 e. The summed E-state index contributed by atoms with van der Waals surface area (Å²) in [7, 11) is 3.46. The van der Waals surface area contributed by atoms with E-state index >= 15 is 0 Å². The molecule has 0 spiro atoms. The van der Waals surface area contributed by atoms with Gasteiger partial charge in [-0.15, -0.1) is 0 Å². The minimum atomic E-state index is -0.0786. The van der Waals surface area contributed by atoms with Crippen LogP contribution in [0.5, 0.6) is 0 Å². The van der Waals surface area contributed by atoms with Crippen LogP contribution in [0.1, 0.15) is 41.6 Å². The van der Waals surface area contributed by atoms with Gasteiger partial charge in [-0.1, -0.05) is 29.8 Å². The fourth-order valence-corrected chi connectivity index (χ4v) is 5.28. The first-order chi connectivity index (χ1) is 15.3. The number of hydrogen-bond donors (Lipinski definition) is 1. The van der Waals surface area contributed by atoms with Gasteiger partial charge in [-0.25, -0.2) is 4.79 Å². The summed E-state index contributed by atoms with van der Waals surface area (Å²) >= 11 is 6.23. The average Bonchev–Trinajstić information content (AvgIpc) is 3.19. The standard InChI is InChI=1S/C25H31ClN4O2/c1-28(2)23(31)18-5-3-8-22(15-18)30-14-13-29(24(30)32)21-9-11-25(17-27,12-10-21)19-6-4-7-20(26)16-19/h3-8,15-16,21H,9-14,17,27H2,1-2H3/t21-,25-. The number of halogens is 1. The maximum absolute atomic E-state index is 13.3. The summed E-state index contributed by atoms with van der Waals surface area (Å²) < 4.78 is 0. The van der Waals surface area contributed by atoms with E-state index in [0.29, 0.717) is 25.2 Å². The summed E-state index contributed by atoms with van der Waals surface area (Å²) in [5.74, 6) is -0.0678. The highest BCUT2D eigenvalue weighted by Crippen LogP contribution is 2.41. The first-order valence-corrected chi connectivity index (χ1v) is 11.6. The summed E-state index contributed by atoms with van der Waals surface area (Å²) in [6, 6.07) is 15.6. The van der Waals surface area contributed by atoms with Gasteiger partial charge in [0.05, 0.1) is 0 Å². The van der Waals surface area contributed by atoms with Gasteiger partial charge in [-0.3, -0.25) is 9.69 Å². The number of nitrogens with two attached hydrogens (primary N) is 1. The van der Waals surface area contributed by atoms with E-state index in [4.69, 9.17) is 17.3 Å². The molecule has 0 unspecified atom stereocenters. The van der Waals surface area contributed by atoms with Crippen molar-refractivity contribution >= 4 is 29.2 Å². The molecule has 2 aromatic rings. The zero-order valence-corrected chi connectivity index (χ0v) is 19.5. The topological polar surface area (TPSA) is 69.9 Å². The highest BCUT2D eigenvalue weighted by molar-refractivity contribution is 6.30. The molecule has 3 amide bonds. The van der Waals surface area contributed by atoms with Gasteiger partial charge >= 0.3 is 6.03 Å². The first kappa shape index (κ1) is 22.6. The second-order valence-corrected chi connectivity index (χ2v) is 9.54. The van der Waals surface area contributed by atoms with Gasteiger partial charge in [0.2, 0.25) is 0 Å². The van der Waals surface area contributed by atoms with Gasteiger partial charge in [0.15, 0.2) is 0 Å². The number of hydrogen-bond acceptors (Lipinski definition) is 3. The Morgan fingerprint density at radius 1 is 1.12 bits per heavy atom. The molecule has 2 fully saturated rings. The number of benzene rings is 2. The first-order valence-electron chi connectivity index (χ1n) is 11.2. The third kappa shape index (κ3) is 4.21. The number of urea groups is 1. The molecule has 32 heavy (non-hydrogen) atoms. The predicted molar refractivity (Wildman–Crippen MR) is 128 cm³/mol. The molecule has 0 aromatic heterocycles. The van der Waals surface area contributed by atoms with Crippen molar-refractivity contribution in [2.75, 3.05) is 38.6 Å². The zero-order valence-electron chi connectivity index (χ0n) is 18.8. The van der Waals surface area contributed by atoms with Crippen LogP contribution in [0.4, 0.5) is 10.5 Å². The van der Waals surface area contributed by atoms with Gasteiger partial charge in [-0.05, 0) is 61.6 Å². The van der Waals surface area contributed by atoms with Crippen LogP contribution >= 0.6 is 11.6 Å². The molecule has 1 saturated carbocycles. The number of nitrogens with zero attached hydrogens (tertiary/aromatic N) is 3. The molecule has 0 radical (unpaired) electrons. The lowest BCUT2D eigenvalue weighted by Crippen LogP contribution is -2.46. The van der Waals surface area contributed by atoms with Crippen molar-refractivity contribution in [3.05, 3.63) is 64.7 Å². The molecule has 170 valence electrons. The summed E-state index contributed by atoms with van der Waals surface area (Å²) in [5, 5.41) is 0.734. The third-order valence-corrected chi connectivity index (χ3v) is 7.27. The van der Waals surface area contributed by atoms with Gasteiger partial charge in [0.25, 0.3) is 5.91 Å². The van der Waals surface area contributed by atoms with Crippen LogP contribution in [-0.4, -0.2) is 61.5 Å². The van der Waals surface area contributed by atoms with E-state index in [-0.39, 0.29) is 23.4 Å². The van der Waals surface area contributed by atoms with E-state index in [1.165, 1.54) is 5.56 Å². The van der Waals surface area contributed by atoms with Crippen LogP contribution in [0.15, 0.2) is 48.5 Å². The highest BCUT2D eigenvalue weighted by atomic mass is 35.5. The van der Waals surface area contributed by atoms with E-state index < -0.39 is 0 Å². The highest BCUT2D eigenvalue weighted by Gasteiger charge is 2.41. The van der Waals surface area contributed by atoms with Crippen LogP contribution < -0.4 is 10.6 Å². The molecule has 4 rings (SSSR count).